The van der Waals surface area contributed by atoms with Gasteiger partial charge in [-0.15, -0.1) is 11.3 Å². The molecular weight excluding hydrogens is 378 g/mol. The van der Waals surface area contributed by atoms with Crippen LogP contribution < -0.4 is 10.6 Å². The van der Waals surface area contributed by atoms with E-state index in [1.54, 1.807) is 5.38 Å². The molecule has 3 aromatic rings. The van der Waals surface area contributed by atoms with Crippen molar-refractivity contribution in [2.45, 2.75) is 39.3 Å². The Morgan fingerprint density at radius 2 is 1.96 bits per heavy atom. The Hall–Kier alpha value is -2.94. The van der Waals surface area contributed by atoms with E-state index in [0.29, 0.717) is 31.0 Å². The van der Waals surface area contributed by atoms with Crippen molar-refractivity contribution in [1.29, 1.82) is 0 Å². The van der Waals surface area contributed by atoms with Crippen LogP contribution in [0.1, 0.15) is 42.1 Å². The summed E-state index contributed by atoms with van der Waals surface area (Å²) in [4.78, 5) is 35.8. The number of para-hydroxylation sites is 2. The SMILES string of the molecule is CC(C)(C)OC(=O)NCCc1nc(C(=O)NCc2nc3ccccc3[nH]2)cs1. The first-order valence-electron chi connectivity index (χ1n) is 8.93. The zero-order chi connectivity index (χ0) is 20.1. The van der Waals surface area contributed by atoms with Crippen LogP contribution in [0.2, 0.25) is 0 Å². The molecule has 28 heavy (non-hydrogen) atoms. The van der Waals surface area contributed by atoms with E-state index < -0.39 is 11.7 Å². The Balaban J connectivity index is 1.46. The van der Waals surface area contributed by atoms with Crippen molar-refractivity contribution in [2.75, 3.05) is 6.54 Å². The number of carbonyl (C=O) groups excluding carboxylic acids is 2. The summed E-state index contributed by atoms with van der Waals surface area (Å²) in [6, 6.07) is 7.69. The average molecular weight is 401 g/mol. The molecule has 148 valence electrons. The van der Waals surface area contributed by atoms with E-state index in [1.807, 2.05) is 45.0 Å². The number of nitrogens with one attached hydrogen (secondary N) is 3. The monoisotopic (exact) mass is 401 g/mol. The summed E-state index contributed by atoms with van der Waals surface area (Å²) < 4.78 is 5.17. The number of benzene rings is 1. The van der Waals surface area contributed by atoms with Gasteiger partial charge in [0.2, 0.25) is 0 Å². The normalized spacial score (nSPS) is 11.4. The van der Waals surface area contributed by atoms with Gasteiger partial charge in [-0.1, -0.05) is 12.1 Å². The third kappa shape index (κ3) is 5.53. The minimum atomic E-state index is -0.531. The lowest BCUT2D eigenvalue weighted by Crippen LogP contribution is -2.33. The second-order valence-corrected chi connectivity index (χ2v) is 8.13. The summed E-state index contributed by atoms with van der Waals surface area (Å²) in [5.74, 6) is 0.426. The van der Waals surface area contributed by atoms with E-state index in [2.05, 4.69) is 25.6 Å². The summed E-state index contributed by atoms with van der Waals surface area (Å²) in [7, 11) is 0. The molecule has 0 saturated carbocycles. The maximum Gasteiger partial charge on any atom is 0.407 e. The quantitative estimate of drug-likeness (QED) is 0.588. The first-order valence-corrected chi connectivity index (χ1v) is 9.81. The standard InChI is InChI=1S/C19H23N5O3S/c1-19(2,3)27-18(26)20-9-8-16-24-14(11-28-16)17(25)21-10-15-22-12-6-4-5-7-13(12)23-15/h4-7,11H,8-10H2,1-3H3,(H,20,26)(H,21,25)(H,22,23). The van der Waals surface area contributed by atoms with Gasteiger partial charge in [0.15, 0.2) is 0 Å². The highest BCUT2D eigenvalue weighted by Crippen LogP contribution is 2.12. The molecule has 9 heteroatoms. The number of alkyl carbamates (subject to hydrolysis) is 1. The number of fused-ring (bicyclic) bond motifs is 1. The fraction of sp³-hybridized carbons (Fsp3) is 0.368. The molecule has 0 bridgehead atoms. The number of amides is 2. The Bertz CT molecular complexity index is 940. The van der Waals surface area contributed by atoms with Crippen molar-refractivity contribution in [2.24, 2.45) is 0 Å². The van der Waals surface area contributed by atoms with Gasteiger partial charge in [0.25, 0.3) is 5.91 Å². The van der Waals surface area contributed by atoms with E-state index in [9.17, 15) is 9.59 Å². The summed E-state index contributed by atoms with van der Waals surface area (Å²) in [6.45, 7) is 6.11. The highest BCUT2D eigenvalue weighted by molar-refractivity contribution is 7.09. The summed E-state index contributed by atoms with van der Waals surface area (Å²) >= 11 is 1.38. The Kier molecular flexibility index (Phi) is 5.93. The molecule has 3 N–H and O–H groups in total. The van der Waals surface area contributed by atoms with Gasteiger partial charge < -0.3 is 20.4 Å². The molecule has 0 aliphatic heterocycles. The van der Waals surface area contributed by atoms with Crippen molar-refractivity contribution in [3.8, 4) is 0 Å². The minimum Gasteiger partial charge on any atom is -0.444 e. The van der Waals surface area contributed by atoms with Gasteiger partial charge in [0, 0.05) is 18.3 Å². The maximum atomic E-state index is 12.3. The molecule has 1 aromatic carbocycles. The smallest absolute Gasteiger partial charge is 0.407 e. The zero-order valence-corrected chi connectivity index (χ0v) is 16.9. The predicted octanol–water partition coefficient (Wildman–Crippen LogP) is 3.02. The third-order valence-electron chi connectivity index (χ3n) is 3.65. The Morgan fingerprint density at radius 1 is 1.18 bits per heavy atom. The molecule has 0 aliphatic rings. The molecule has 0 saturated heterocycles. The number of ether oxygens (including phenoxy) is 1. The van der Waals surface area contributed by atoms with E-state index >= 15 is 0 Å². The van der Waals surface area contributed by atoms with Crippen LogP contribution in [-0.4, -0.2) is 39.1 Å². The molecule has 0 radical (unpaired) electrons. The van der Waals surface area contributed by atoms with Crippen LogP contribution in [0.3, 0.4) is 0 Å². The van der Waals surface area contributed by atoms with Gasteiger partial charge in [0.1, 0.15) is 17.1 Å². The molecular formula is C19H23N5O3S. The molecule has 0 aliphatic carbocycles. The number of imidazole rings is 1. The molecule has 2 amide bonds. The van der Waals surface area contributed by atoms with Gasteiger partial charge in [0.05, 0.1) is 22.6 Å². The van der Waals surface area contributed by atoms with Crippen LogP contribution in [0, 0.1) is 0 Å². The lowest BCUT2D eigenvalue weighted by molar-refractivity contribution is 0.0528. The number of aromatic amines is 1. The lowest BCUT2D eigenvalue weighted by atomic mass is 10.2. The van der Waals surface area contributed by atoms with E-state index in [-0.39, 0.29) is 5.91 Å². The van der Waals surface area contributed by atoms with Gasteiger partial charge in [-0.3, -0.25) is 4.79 Å². The number of carbonyl (C=O) groups is 2. The molecule has 2 aromatic heterocycles. The van der Waals surface area contributed by atoms with Crippen LogP contribution in [-0.2, 0) is 17.7 Å². The maximum absolute atomic E-state index is 12.3. The van der Waals surface area contributed by atoms with Crippen molar-refractivity contribution in [3.63, 3.8) is 0 Å². The molecule has 0 unspecified atom stereocenters. The average Bonchev–Trinajstić information content (AvgIpc) is 3.24. The Morgan fingerprint density at radius 3 is 2.71 bits per heavy atom. The highest BCUT2D eigenvalue weighted by Gasteiger charge is 2.16. The molecule has 0 fully saturated rings. The van der Waals surface area contributed by atoms with Gasteiger partial charge in [-0.25, -0.2) is 14.8 Å². The van der Waals surface area contributed by atoms with Crippen LogP contribution >= 0.6 is 11.3 Å². The van der Waals surface area contributed by atoms with Gasteiger partial charge in [-0.05, 0) is 32.9 Å². The van der Waals surface area contributed by atoms with Crippen LogP contribution in [0.5, 0.6) is 0 Å². The predicted molar refractivity (Wildman–Crippen MR) is 107 cm³/mol. The minimum absolute atomic E-state index is 0.261. The van der Waals surface area contributed by atoms with Gasteiger partial charge >= 0.3 is 6.09 Å². The fourth-order valence-electron chi connectivity index (χ4n) is 2.46. The van der Waals surface area contributed by atoms with Crippen LogP contribution in [0.25, 0.3) is 11.0 Å². The molecule has 0 atom stereocenters. The fourth-order valence-corrected chi connectivity index (χ4v) is 3.24. The highest BCUT2D eigenvalue weighted by atomic mass is 32.1. The summed E-state index contributed by atoms with van der Waals surface area (Å²) in [6.07, 6.45) is 0.0636. The number of H-pyrrole nitrogens is 1. The third-order valence-corrected chi connectivity index (χ3v) is 4.55. The number of aromatic nitrogens is 3. The van der Waals surface area contributed by atoms with Crippen LogP contribution in [0.15, 0.2) is 29.6 Å². The van der Waals surface area contributed by atoms with E-state index in [4.69, 9.17) is 4.74 Å². The molecule has 2 heterocycles. The number of hydrogen-bond donors (Lipinski definition) is 3. The number of hydrogen-bond acceptors (Lipinski definition) is 6. The second-order valence-electron chi connectivity index (χ2n) is 7.19. The summed E-state index contributed by atoms with van der Waals surface area (Å²) in [5.41, 5.74) is 1.62. The molecule has 3 rings (SSSR count). The van der Waals surface area contributed by atoms with E-state index in [0.717, 1.165) is 16.0 Å². The largest absolute Gasteiger partial charge is 0.444 e. The zero-order valence-electron chi connectivity index (χ0n) is 16.0. The summed E-state index contributed by atoms with van der Waals surface area (Å²) in [5, 5.41) is 7.96. The lowest BCUT2D eigenvalue weighted by Gasteiger charge is -2.19. The number of rotatable bonds is 6. The van der Waals surface area contributed by atoms with E-state index in [1.165, 1.54) is 11.3 Å². The second kappa shape index (κ2) is 8.39. The van der Waals surface area contributed by atoms with Crippen molar-refractivity contribution in [1.82, 2.24) is 25.6 Å². The topological polar surface area (TPSA) is 109 Å². The van der Waals surface area contributed by atoms with Gasteiger partial charge in [-0.2, -0.15) is 0 Å². The molecule has 8 nitrogen and oxygen atoms in total. The first-order chi connectivity index (χ1) is 13.3. The first kappa shape index (κ1) is 19.8. The molecule has 0 spiro atoms. The van der Waals surface area contributed by atoms with Crippen LogP contribution in [0.4, 0.5) is 4.79 Å². The number of nitrogens with zero attached hydrogens (tertiary/aromatic N) is 2. The Labute approximate surface area is 166 Å². The number of thiazole rings is 1. The van der Waals surface area contributed by atoms with Crippen molar-refractivity contribution >= 4 is 34.4 Å². The van der Waals surface area contributed by atoms with Crippen molar-refractivity contribution < 1.29 is 14.3 Å². The van der Waals surface area contributed by atoms with Crippen molar-refractivity contribution in [3.05, 3.63) is 46.2 Å².